The fourth-order valence-electron chi connectivity index (χ4n) is 2.09. The fourth-order valence-corrected chi connectivity index (χ4v) is 3.69. The molecule has 5 nitrogen and oxygen atoms in total. The van der Waals surface area contributed by atoms with Gasteiger partial charge in [0, 0.05) is 5.56 Å². The van der Waals surface area contributed by atoms with Crippen molar-refractivity contribution in [3.05, 3.63) is 63.7 Å². The third-order valence-electron chi connectivity index (χ3n) is 2.94. The van der Waals surface area contributed by atoms with Gasteiger partial charge < -0.3 is 0 Å². The average molecular weight is 291 g/mol. The van der Waals surface area contributed by atoms with E-state index in [2.05, 4.69) is 0 Å². The van der Waals surface area contributed by atoms with Gasteiger partial charge in [-0.15, -0.1) is 0 Å². The molecule has 2 aromatic carbocycles. The second-order valence-electron chi connectivity index (χ2n) is 4.50. The third-order valence-corrected chi connectivity index (χ3v) is 4.72. The zero-order chi connectivity index (χ0) is 14.9. The van der Waals surface area contributed by atoms with E-state index in [9.17, 15) is 18.5 Å². The highest BCUT2D eigenvalue weighted by atomic mass is 32.2. The van der Waals surface area contributed by atoms with Crippen molar-refractivity contribution < 1.29 is 13.3 Å². The predicted molar refractivity (Wildman–Crippen MR) is 74.5 cm³/mol. The summed E-state index contributed by atoms with van der Waals surface area (Å²) in [6, 6.07) is 10.7. The lowest BCUT2D eigenvalue weighted by Gasteiger charge is -2.08. The Bertz CT molecular complexity index is 767. The van der Waals surface area contributed by atoms with Gasteiger partial charge in [0.05, 0.1) is 9.82 Å². The van der Waals surface area contributed by atoms with Crippen molar-refractivity contribution in [3.63, 3.8) is 0 Å². The van der Waals surface area contributed by atoms with Crippen LogP contribution in [-0.4, -0.2) is 13.3 Å². The van der Waals surface area contributed by atoms with Gasteiger partial charge >= 0.3 is 0 Å². The number of aryl methyl sites for hydroxylation is 2. The van der Waals surface area contributed by atoms with Gasteiger partial charge in [0.2, 0.25) is 9.84 Å². The molecule has 0 aliphatic rings. The van der Waals surface area contributed by atoms with E-state index in [1.165, 1.54) is 25.1 Å². The summed E-state index contributed by atoms with van der Waals surface area (Å²) in [6.45, 7) is 3.25. The molecule has 0 radical (unpaired) electrons. The highest BCUT2D eigenvalue weighted by Gasteiger charge is 2.29. The predicted octanol–water partition coefficient (Wildman–Crippen LogP) is 3.04. The molecule has 0 saturated heterocycles. The van der Waals surface area contributed by atoms with Crippen molar-refractivity contribution in [1.82, 2.24) is 0 Å². The summed E-state index contributed by atoms with van der Waals surface area (Å²) in [7, 11) is -3.90. The Hall–Kier alpha value is -2.21. The number of nitro benzene ring substituents is 1. The van der Waals surface area contributed by atoms with Gasteiger partial charge in [0.15, 0.2) is 0 Å². The molecule has 0 spiro atoms. The minimum Gasteiger partial charge on any atom is -0.258 e. The third kappa shape index (κ3) is 2.42. The first kappa shape index (κ1) is 14.2. The molecule has 104 valence electrons. The van der Waals surface area contributed by atoms with Gasteiger partial charge in [0.1, 0.15) is 4.90 Å². The van der Waals surface area contributed by atoms with Crippen LogP contribution < -0.4 is 0 Å². The topological polar surface area (TPSA) is 77.3 Å². The van der Waals surface area contributed by atoms with Gasteiger partial charge in [-0.1, -0.05) is 18.2 Å². The molecule has 2 rings (SSSR count). The van der Waals surface area contributed by atoms with Crippen LogP contribution in [-0.2, 0) is 9.84 Å². The van der Waals surface area contributed by atoms with Gasteiger partial charge in [-0.25, -0.2) is 8.42 Å². The maximum Gasteiger partial charge on any atom is 0.291 e. The Kier molecular flexibility index (Phi) is 3.59. The van der Waals surface area contributed by atoms with Gasteiger partial charge in [0.25, 0.3) is 5.69 Å². The number of hydrogen-bond acceptors (Lipinski definition) is 4. The lowest BCUT2D eigenvalue weighted by Crippen LogP contribution is -2.07. The van der Waals surface area contributed by atoms with Crippen LogP contribution in [0.3, 0.4) is 0 Å². The summed E-state index contributed by atoms with van der Waals surface area (Å²) < 4.78 is 25.1. The minimum atomic E-state index is -3.90. The van der Waals surface area contributed by atoms with E-state index in [1.807, 2.05) is 0 Å². The van der Waals surface area contributed by atoms with Gasteiger partial charge in [-0.2, -0.15) is 0 Å². The van der Waals surface area contributed by atoms with Crippen LogP contribution >= 0.6 is 0 Å². The summed E-state index contributed by atoms with van der Waals surface area (Å²) in [5.41, 5.74) is 0.645. The van der Waals surface area contributed by atoms with Crippen LogP contribution in [0.15, 0.2) is 52.3 Å². The molecule has 2 aromatic rings. The highest BCUT2D eigenvalue weighted by molar-refractivity contribution is 7.91. The highest BCUT2D eigenvalue weighted by Crippen LogP contribution is 2.32. The summed E-state index contributed by atoms with van der Waals surface area (Å²) in [4.78, 5) is 10.3. The number of sulfone groups is 1. The largest absolute Gasteiger partial charge is 0.291 e. The molecule has 0 aromatic heterocycles. The van der Waals surface area contributed by atoms with Crippen LogP contribution in [0.5, 0.6) is 0 Å². The Morgan fingerprint density at radius 1 is 1.05 bits per heavy atom. The SMILES string of the molecule is Cc1cc(C)c([N+](=O)[O-])c(S(=O)(=O)c2ccccc2)c1. The number of rotatable bonds is 3. The second-order valence-corrected chi connectivity index (χ2v) is 6.42. The lowest BCUT2D eigenvalue weighted by atomic mass is 10.1. The number of nitrogens with zero attached hydrogens (tertiary/aromatic N) is 1. The molecule has 0 heterocycles. The number of nitro groups is 1. The molecule has 6 heteroatoms. The zero-order valence-corrected chi connectivity index (χ0v) is 11.8. The average Bonchev–Trinajstić information content (AvgIpc) is 2.38. The molecule has 0 saturated carbocycles. The first-order valence-electron chi connectivity index (χ1n) is 5.90. The van der Waals surface area contributed by atoms with Crippen LogP contribution in [0.4, 0.5) is 5.69 Å². The molecular formula is C14H13NO4S. The minimum absolute atomic E-state index is 0.0492. The summed E-state index contributed by atoms with van der Waals surface area (Å²) >= 11 is 0. The summed E-state index contributed by atoms with van der Waals surface area (Å²) in [5, 5.41) is 11.2. The molecule has 0 atom stereocenters. The van der Waals surface area contributed by atoms with E-state index in [4.69, 9.17) is 0 Å². The van der Waals surface area contributed by atoms with E-state index < -0.39 is 14.8 Å². The van der Waals surface area contributed by atoms with Crippen LogP contribution in [0, 0.1) is 24.0 Å². The van der Waals surface area contributed by atoms with Crippen molar-refractivity contribution >= 4 is 15.5 Å². The smallest absolute Gasteiger partial charge is 0.258 e. The van der Waals surface area contributed by atoms with Crippen molar-refractivity contribution in [2.24, 2.45) is 0 Å². The first-order valence-corrected chi connectivity index (χ1v) is 7.38. The van der Waals surface area contributed by atoms with E-state index >= 15 is 0 Å². The van der Waals surface area contributed by atoms with Crippen molar-refractivity contribution in [2.75, 3.05) is 0 Å². The fraction of sp³-hybridized carbons (Fsp3) is 0.143. The molecule has 0 amide bonds. The molecule has 0 bridgehead atoms. The number of benzene rings is 2. The van der Waals surface area contributed by atoms with Crippen LogP contribution in [0.25, 0.3) is 0 Å². The summed E-state index contributed by atoms with van der Waals surface area (Å²) in [5.74, 6) is 0. The molecule has 0 unspecified atom stereocenters. The van der Waals surface area contributed by atoms with E-state index in [1.54, 1.807) is 31.2 Å². The lowest BCUT2D eigenvalue weighted by molar-refractivity contribution is -0.388. The molecule has 0 aliphatic carbocycles. The van der Waals surface area contributed by atoms with E-state index in [0.717, 1.165) is 0 Å². The molecule has 0 N–H and O–H groups in total. The van der Waals surface area contributed by atoms with E-state index in [0.29, 0.717) is 11.1 Å². The molecule has 0 aliphatic heterocycles. The zero-order valence-electron chi connectivity index (χ0n) is 11.0. The van der Waals surface area contributed by atoms with Crippen molar-refractivity contribution in [3.8, 4) is 0 Å². The Morgan fingerprint density at radius 2 is 1.65 bits per heavy atom. The van der Waals surface area contributed by atoms with Gasteiger partial charge in [-0.3, -0.25) is 10.1 Å². The molecule has 0 fully saturated rings. The van der Waals surface area contributed by atoms with Crippen LogP contribution in [0.1, 0.15) is 11.1 Å². The monoisotopic (exact) mass is 291 g/mol. The maximum atomic E-state index is 12.6. The Labute approximate surface area is 116 Å². The number of hydrogen-bond donors (Lipinski definition) is 0. The summed E-state index contributed by atoms with van der Waals surface area (Å²) in [6.07, 6.45) is 0. The maximum absolute atomic E-state index is 12.6. The normalized spacial score (nSPS) is 11.3. The van der Waals surface area contributed by atoms with Crippen LogP contribution in [0.2, 0.25) is 0 Å². The second kappa shape index (κ2) is 5.05. The van der Waals surface area contributed by atoms with Gasteiger partial charge in [-0.05, 0) is 43.7 Å². The molecular weight excluding hydrogens is 278 g/mol. The first-order chi connectivity index (χ1) is 9.34. The standard InChI is InChI=1S/C14H13NO4S/c1-10-8-11(2)14(15(16)17)13(9-10)20(18,19)12-6-4-3-5-7-12/h3-9H,1-2H3. The quantitative estimate of drug-likeness (QED) is 0.643. The van der Waals surface area contributed by atoms with Crippen molar-refractivity contribution in [1.29, 1.82) is 0 Å². The van der Waals surface area contributed by atoms with E-state index in [-0.39, 0.29) is 15.5 Å². The van der Waals surface area contributed by atoms with Crippen molar-refractivity contribution in [2.45, 2.75) is 23.6 Å². The Morgan fingerprint density at radius 3 is 2.20 bits per heavy atom. The molecule has 20 heavy (non-hydrogen) atoms. The Balaban J connectivity index is 2.79.